The summed E-state index contributed by atoms with van der Waals surface area (Å²) in [6.07, 6.45) is 3.32. The quantitative estimate of drug-likeness (QED) is 0.160. The number of urea groups is 1. The number of rotatable bonds is 15. The number of ether oxygens (including phenoxy) is 2. The number of fused-ring (bicyclic) bond motifs is 1. The summed E-state index contributed by atoms with van der Waals surface area (Å²) < 4.78 is 10.9. The number of unbranched alkanes of at least 4 members (excludes halogenated alkanes) is 1. The Kier molecular flexibility index (Phi) is 11.9. The van der Waals surface area contributed by atoms with Gasteiger partial charge in [0.05, 0.1) is 38.5 Å². The minimum absolute atomic E-state index is 0.0336. The Balaban J connectivity index is 1.09. The summed E-state index contributed by atoms with van der Waals surface area (Å²) in [4.78, 5) is 35.5. The van der Waals surface area contributed by atoms with Crippen molar-refractivity contribution in [1.29, 1.82) is 0 Å². The van der Waals surface area contributed by atoms with E-state index in [9.17, 15) is 14.4 Å². The normalized spacial score (nSPS) is 20.0. The molecular formula is C26H36N4O5S. The predicted octanol–water partition coefficient (Wildman–Crippen LogP) is 1.66. The lowest BCUT2D eigenvalue weighted by Gasteiger charge is -2.16. The second kappa shape index (κ2) is 15.4. The maximum Gasteiger partial charge on any atom is 0.315 e. The van der Waals surface area contributed by atoms with E-state index < -0.39 is 0 Å². The summed E-state index contributed by atoms with van der Waals surface area (Å²) in [5, 5.41) is 12.1. The third kappa shape index (κ3) is 9.37. The lowest BCUT2D eigenvalue weighted by Crippen LogP contribution is -2.36. The first-order valence-corrected chi connectivity index (χ1v) is 13.5. The van der Waals surface area contributed by atoms with E-state index in [4.69, 9.17) is 9.47 Å². The lowest BCUT2D eigenvalue weighted by atomic mass is 10.0. The highest BCUT2D eigenvalue weighted by atomic mass is 32.2. The van der Waals surface area contributed by atoms with Crippen molar-refractivity contribution in [3.63, 3.8) is 0 Å². The van der Waals surface area contributed by atoms with Gasteiger partial charge in [-0.1, -0.05) is 12.3 Å². The number of carbonyl (C=O) groups excluding carboxylic acids is 3. The molecule has 3 unspecified atom stereocenters. The molecule has 2 fully saturated rings. The summed E-state index contributed by atoms with van der Waals surface area (Å²) in [6, 6.07) is 7.56. The molecule has 2 saturated heterocycles. The van der Waals surface area contributed by atoms with Crippen molar-refractivity contribution in [1.82, 2.24) is 21.3 Å². The van der Waals surface area contributed by atoms with Crippen molar-refractivity contribution < 1.29 is 23.9 Å². The standard InChI is InChI=1S/C26H36N4O5S/c1-2-5-19-8-10-20(11-9-19)25(32)28-13-15-35-17-16-34-14-12-27-23(31)7-4-3-6-22-24-21(18-36-22)29-26(33)30-24/h8-11,21-22,24H,3-4,6-7,12-18H2,1H3,(H,27,31)(H,28,32)(H2,29,30,33). The number of hydrogen-bond donors (Lipinski definition) is 4. The van der Waals surface area contributed by atoms with Crippen LogP contribution >= 0.6 is 11.8 Å². The van der Waals surface area contributed by atoms with E-state index in [2.05, 4.69) is 33.1 Å². The molecule has 0 saturated carbocycles. The van der Waals surface area contributed by atoms with Crippen LogP contribution in [0.1, 0.15) is 48.5 Å². The number of amides is 4. The van der Waals surface area contributed by atoms with Gasteiger partial charge in [-0.3, -0.25) is 9.59 Å². The number of thioether (sulfide) groups is 1. The molecule has 4 amide bonds. The van der Waals surface area contributed by atoms with Gasteiger partial charge >= 0.3 is 6.03 Å². The molecule has 3 atom stereocenters. The zero-order valence-electron chi connectivity index (χ0n) is 20.8. The van der Waals surface area contributed by atoms with Gasteiger partial charge in [-0.2, -0.15) is 11.8 Å². The number of benzene rings is 1. The fourth-order valence-electron chi connectivity index (χ4n) is 4.14. The van der Waals surface area contributed by atoms with E-state index in [1.807, 2.05) is 23.9 Å². The molecule has 2 heterocycles. The monoisotopic (exact) mass is 516 g/mol. The molecule has 36 heavy (non-hydrogen) atoms. The Hall–Kier alpha value is -2.74. The Bertz CT molecular complexity index is 931. The van der Waals surface area contributed by atoms with Crippen molar-refractivity contribution in [2.24, 2.45) is 0 Å². The van der Waals surface area contributed by atoms with Crippen molar-refractivity contribution in [3.05, 3.63) is 35.4 Å². The highest BCUT2D eigenvalue weighted by Gasteiger charge is 2.42. The fourth-order valence-corrected chi connectivity index (χ4v) is 5.68. The minimum Gasteiger partial charge on any atom is -0.377 e. The van der Waals surface area contributed by atoms with Gasteiger partial charge in [0.2, 0.25) is 5.91 Å². The number of carbonyl (C=O) groups is 3. The molecule has 9 nitrogen and oxygen atoms in total. The van der Waals surface area contributed by atoms with E-state index in [0.29, 0.717) is 56.8 Å². The molecule has 0 bridgehead atoms. The third-order valence-electron chi connectivity index (χ3n) is 5.97. The van der Waals surface area contributed by atoms with Crippen molar-refractivity contribution in [2.75, 3.05) is 45.3 Å². The molecule has 1 aromatic rings. The molecule has 0 aromatic heterocycles. The van der Waals surface area contributed by atoms with Crippen LogP contribution in [0.5, 0.6) is 0 Å². The molecule has 196 valence electrons. The molecule has 10 heteroatoms. The van der Waals surface area contributed by atoms with Crippen LogP contribution in [0, 0.1) is 11.8 Å². The molecule has 4 N–H and O–H groups in total. The second-order valence-electron chi connectivity index (χ2n) is 8.65. The molecule has 3 rings (SSSR count). The van der Waals surface area contributed by atoms with Crippen LogP contribution in [-0.4, -0.2) is 80.4 Å². The first-order valence-electron chi connectivity index (χ1n) is 12.5. The summed E-state index contributed by atoms with van der Waals surface area (Å²) in [7, 11) is 0. The maximum absolute atomic E-state index is 12.1. The van der Waals surface area contributed by atoms with Crippen LogP contribution in [0.15, 0.2) is 24.3 Å². The SMILES string of the molecule is CC#Cc1ccc(C(=O)NCCOCCOCCNC(=O)CCCCC2SCC3NC(=O)NC32)cc1. The molecule has 2 aliphatic rings. The van der Waals surface area contributed by atoms with E-state index in [1.54, 1.807) is 19.1 Å². The van der Waals surface area contributed by atoms with Gasteiger partial charge in [0, 0.05) is 41.6 Å². The molecule has 0 spiro atoms. The van der Waals surface area contributed by atoms with E-state index >= 15 is 0 Å². The fraction of sp³-hybridized carbons (Fsp3) is 0.577. The van der Waals surface area contributed by atoms with Crippen LogP contribution in [0.3, 0.4) is 0 Å². The van der Waals surface area contributed by atoms with Crippen molar-refractivity contribution in [3.8, 4) is 11.8 Å². The van der Waals surface area contributed by atoms with Crippen molar-refractivity contribution in [2.45, 2.75) is 49.9 Å². The topological polar surface area (TPSA) is 118 Å². The average Bonchev–Trinajstić information content (AvgIpc) is 3.42. The van der Waals surface area contributed by atoms with Gasteiger partial charge in [-0.05, 0) is 44.0 Å². The largest absolute Gasteiger partial charge is 0.377 e. The molecule has 1 aromatic carbocycles. The Morgan fingerprint density at radius 3 is 2.47 bits per heavy atom. The van der Waals surface area contributed by atoms with Gasteiger partial charge in [0.25, 0.3) is 5.91 Å². The van der Waals surface area contributed by atoms with Gasteiger partial charge in [0.1, 0.15) is 0 Å². The zero-order valence-corrected chi connectivity index (χ0v) is 21.6. The Morgan fingerprint density at radius 2 is 1.75 bits per heavy atom. The van der Waals surface area contributed by atoms with Crippen LogP contribution in [0.4, 0.5) is 4.79 Å². The van der Waals surface area contributed by atoms with Gasteiger partial charge in [0.15, 0.2) is 0 Å². The van der Waals surface area contributed by atoms with Crippen LogP contribution in [0.2, 0.25) is 0 Å². The molecule has 2 aliphatic heterocycles. The lowest BCUT2D eigenvalue weighted by molar-refractivity contribution is -0.121. The van der Waals surface area contributed by atoms with Gasteiger partial charge in [-0.25, -0.2) is 4.79 Å². The minimum atomic E-state index is -0.146. The highest BCUT2D eigenvalue weighted by Crippen LogP contribution is 2.33. The summed E-state index contributed by atoms with van der Waals surface area (Å²) >= 11 is 1.90. The highest BCUT2D eigenvalue weighted by molar-refractivity contribution is 8.00. The molecular weight excluding hydrogens is 480 g/mol. The van der Waals surface area contributed by atoms with E-state index in [-0.39, 0.29) is 29.9 Å². The Labute approximate surface area is 217 Å². The Morgan fingerprint density at radius 1 is 1.03 bits per heavy atom. The molecule has 0 aliphatic carbocycles. The van der Waals surface area contributed by atoms with Gasteiger partial charge in [-0.15, -0.1) is 5.92 Å². The average molecular weight is 517 g/mol. The summed E-state index contributed by atoms with van der Waals surface area (Å²) in [6.45, 7) is 4.33. The first kappa shape index (κ1) is 27.8. The van der Waals surface area contributed by atoms with E-state index in [0.717, 1.165) is 30.6 Å². The van der Waals surface area contributed by atoms with Crippen LogP contribution in [0.25, 0.3) is 0 Å². The maximum atomic E-state index is 12.1. The number of nitrogens with one attached hydrogen (secondary N) is 4. The summed E-state index contributed by atoms with van der Waals surface area (Å²) in [5.41, 5.74) is 1.47. The zero-order chi connectivity index (χ0) is 25.6. The van der Waals surface area contributed by atoms with Crippen LogP contribution in [-0.2, 0) is 14.3 Å². The smallest absolute Gasteiger partial charge is 0.315 e. The third-order valence-corrected chi connectivity index (χ3v) is 7.48. The predicted molar refractivity (Wildman–Crippen MR) is 140 cm³/mol. The number of hydrogen-bond acceptors (Lipinski definition) is 6. The van der Waals surface area contributed by atoms with E-state index in [1.165, 1.54) is 0 Å². The first-order chi connectivity index (χ1) is 17.6. The summed E-state index contributed by atoms with van der Waals surface area (Å²) in [5.74, 6) is 6.61. The van der Waals surface area contributed by atoms with Gasteiger partial charge < -0.3 is 30.7 Å². The molecule has 0 radical (unpaired) electrons. The van der Waals surface area contributed by atoms with Crippen LogP contribution < -0.4 is 21.3 Å². The van der Waals surface area contributed by atoms with Crippen molar-refractivity contribution >= 4 is 29.6 Å². The second-order valence-corrected chi connectivity index (χ2v) is 9.92.